The van der Waals surface area contributed by atoms with Crippen LogP contribution in [0.1, 0.15) is 33.1 Å². The Balaban J connectivity index is 1.52. The predicted octanol–water partition coefficient (Wildman–Crippen LogP) is 4.94. The molecule has 0 radical (unpaired) electrons. The summed E-state index contributed by atoms with van der Waals surface area (Å²) >= 11 is 0. The van der Waals surface area contributed by atoms with E-state index >= 15 is 0 Å². The van der Waals surface area contributed by atoms with Crippen molar-refractivity contribution >= 4 is 34.9 Å². The van der Waals surface area contributed by atoms with E-state index in [1.807, 2.05) is 37.3 Å². The van der Waals surface area contributed by atoms with E-state index in [9.17, 15) is 19.2 Å². The number of ketones is 1. The second kappa shape index (κ2) is 11.9. The molecule has 0 aliphatic carbocycles. The van der Waals surface area contributed by atoms with Gasteiger partial charge in [-0.05, 0) is 54.4 Å². The summed E-state index contributed by atoms with van der Waals surface area (Å²) in [5, 5.41) is 2.92. The molecule has 1 N–H and O–H groups in total. The third kappa shape index (κ3) is 5.86. The predicted molar refractivity (Wildman–Crippen MR) is 156 cm³/mol. The van der Waals surface area contributed by atoms with Crippen molar-refractivity contribution in [2.75, 3.05) is 23.9 Å². The highest BCUT2D eigenvalue weighted by Gasteiger charge is 2.39. The minimum Gasteiger partial charge on any atom is -0.497 e. The maximum absolute atomic E-state index is 14.1. The third-order valence-corrected chi connectivity index (χ3v) is 7.00. The number of nitrogens with one attached hydrogen (secondary N) is 1. The molecule has 0 fully saturated rings. The van der Waals surface area contributed by atoms with E-state index in [4.69, 9.17) is 4.74 Å². The SMILES string of the molecule is COc1ccc(NC(=O)[C@@H](c2ccccc2)N(Cc2ccc(C)cc2)C(=O)CN2C(=O)C(=O)c3ccccc32)cc1. The summed E-state index contributed by atoms with van der Waals surface area (Å²) in [6.07, 6.45) is 0. The van der Waals surface area contributed by atoms with Crippen molar-refractivity contribution in [1.29, 1.82) is 0 Å². The number of Topliss-reactive ketones (excluding diaryl/α,β-unsaturated/α-hetero) is 1. The lowest BCUT2D eigenvalue weighted by Crippen LogP contribution is -2.46. The van der Waals surface area contributed by atoms with Crippen LogP contribution < -0.4 is 15.0 Å². The second-order valence-electron chi connectivity index (χ2n) is 9.78. The fourth-order valence-corrected chi connectivity index (χ4v) is 4.84. The van der Waals surface area contributed by atoms with Gasteiger partial charge in [-0.25, -0.2) is 0 Å². The number of ether oxygens (including phenoxy) is 1. The van der Waals surface area contributed by atoms with Crippen LogP contribution in [-0.2, 0) is 20.9 Å². The molecule has 1 aliphatic rings. The van der Waals surface area contributed by atoms with E-state index in [0.717, 1.165) is 11.1 Å². The highest BCUT2D eigenvalue weighted by molar-refractivity contribution is 6.52. The minimum absolute atomic E-state index is 0.104. The van der Waals surface area contributed by atoms with Crippen LogP contribution >= 0.6 is 0 Å². The van der Waals surface area contributed by atoms with Gasteiger partial charge >= 0.3 is 0 Å². The lowest BCUT2D eigenvalue weighted by molar-refractivity contribution is -0.139. The van der Waals surface area contributed by atoms with Gasteiger partial charge in [0.2, 0.25) is 5.91 Å². The number of carbonyl (C=O) groups excluding carboxylic acids is 4. The van der Waals surface area contributed by atoms with Gasteiger partial charge in [-0.3, -0.25) is 24.1 Å². The van der Waals surface area contributed by atoms with Crippen LogP contribution in [0.15, 0.2) is 103 Å². The minimum atomic E-state index is -1.03. The number of rotatable bonds is 9. The molecular weight excluding hydrogens is 518 g/mol. The molecule has 0 aromatic heterocycles. The first-order valence-corrected chi connectivity index (χ1v) is 13.2. The first kappa shape index (κ1) is 27.3. The van der Waals surface area contributed by atoms with Gasteiger partial charge in [0.15, 0.2) is 0 Å². The molecule has 1 aliphatic heterocycles. The van der Waals surface area contributed by atoms with Crippen molar-refractivity contribution < 1.29 is 23.9 Å². The summed E-state index contributed by atoms with van der Waals surface area (Å²) in [7, 11) is 1.56. The largest absolute Gasteiger partial charge is 0.497 e. The summed E-state index contributed by atoms with van der Waals surface area (Å²) in [5.41, 5.74) is 3.64. The number of methoxy groups -OCH3 is 1. The zero-order valence-electron chi connectivity index (χ0n) is 22.7. The van der Waals surface area contributed by atoms with Crippen LogP contribution in [0.3, 0.4) is 0 Å². The van der Waals surface area contributed by atoms with Gasteiger partial charge in [0.25, 0.3) is 17.6 Å². The van der Waals surface area contributed by atoms with Crippen LogP contribution in [0.4, 0.5) is 11.4 Å². The maximum Gasteiger partial charge on any atom is 0.299 e. The maximum atomic E-state index is 14.1. The van der Waals surface area contributed by atoms with E-state index in [0.29, 0.717) is 22.7 Å². The highest BCUT2D eigenvalue weighted by Crippen LogP contribution is 2.31. The van der Waals surface area contributed by atoms with Crippen LogP contribution in [0.25, 0.3) is 0 Å². The molecule has 1 atom stereocenters. The molecule has 206 valence electrons. The van der Waals surface area contributed by atoms with Gasteiger partial charge in [-0.15, -0.1) is 0 Å². The number of amides is 3. The van der Waals surface area contributed by atoms with Crippen molar-refractivity contribution in [2.45, 2.75) is 19.5 Å². The number of nitrogens with zero attached hydrogens (tertiary/aromatic N) is 2. The summed E-state index contributed by atoms with van der Waals surface area (Å²) in [6.45, 7) is 1.67. The topological polar surface area (TPSA) is 96.0 Å². The highest BCUT2D eigenvalue weighted by atomic mass is 16.5. The number of carbonyl (C=O) groups is 4. The molecule has 4 aromatic rings. The lowest BCUT2D eigenvalue weighted by Gasteiger charge is -2.33. The van der Waals surface area contributed by atoms with Crippen LogP contribution in [0.2, 0.25) is 0 Å². The fraction of sp³-hybridized carbons (Fsp3) is 0.152. The zero-order valence-corrected chi connectivity index (χ0v) is 22.7. The van der Waals surface area contributed by atoms with Gasteiger partial charge in [0, 0.05) is 12.2 Å². The number of fused-ring (bicyclic) bond motifs is 1. The molecule has 0 unspecified atom stereocenters. The average molecular weight is 548 g/mol. The van der Waals surface area contributed by atoms with Crippen LogP contribution in [0, 0.1) is 6.92 Å². The fourth-order valence-electron chi connectivity index (χ4n) is 4.84. The Hall–Kier alpha value is -5.24. The standard InChI is InChI=1S/C33H29N3O5/c1-22-12-14-23(15-13-22)20-36(29(37)21-35-28-11-7-6-10-27(28)31(38)33(35)40)30(24-8-4-3-5-9-24)32(39)34-25-16-18-26(41-2)19-17-25/h3-19,30H,20-21H2,1-2H3,(H,34,39)/t30-/m1/s1. The number of hydrogen-bond donors (Lipinski definition) is 1. The summed E-state index contributed by atoms with van der Waals surface area (Å²) < 4.78 is 5.22. The monoisotopic (exact) mass is 547 g/mol. The Morgan fingerprint density at radius 1 is 0.854 bits per heavy atom. The van der Waals surface area contributed by atoms with E-state index < -0.39 is 36.1 Å². The first-order valence-electron chi connectivity index (χ1n) is 13.2. The molecule has 4 aromatic carbocycles. The normalized spacial score (nSPS) is 13.0. The summed E-state index contributed by atoms with van der Waals surface area (Å²) in [5.74, 6) is -1.69. The Labute approximate surface area is 238 Å². The second-order valence-corrected chi connectivity index (χ2v) is 9.78. The number of para-hydroxylation sites is 1. The van der Waals surface area contributed by atoms with Crippen molar-refractivity contribution in [3.8, 4) is 5.75 Å². The Bertz CT molecular complexity index is 1580. The number of hydrogen-bond acceptors (Lipinski definition) is 5. The number of benzene rings is 4. The molecular formula is C33H29N3O5. The Kier molecular flexibility index (Phi) is 7.92. The van der Waals surface area contributed by atoms with Crippen molar-refractivity contribution in [3.63, 3.8) is 0 Å². The molecule has 1 heterocycles. The lowest BCUT2D eigenvalue weighted by atomic mass is 10.0. The van der Waals surface area contributed by atoms with E-state index in [1.54, 1.807) is 79.9 Å². The molecule has 0 saturated carbocycles. The van der Waals surface area contributed by atoms with Gasteiger partial charge in [-0.2, -0.15) is 0 Å². The van der Waals surface area contributed by atoms with Gasteiger partial charge in [0.05, 0.1) is 18.4 Å². The van der Waals surface area contributed by atoms with Crippen LogP contribution in [-0.4, -0.2) is 42.1 Å². The smallest absolute Gasteiger partial charge is 0.299 e. The molecule has 0 bridgehead atoms. The van der Waals surface area contributed by atoms with E-state index in [-0.39, 0.29) is 12.1 Å². The van der Waals surface area contributed by atoms with Crippen molar-refractivity contribution in [1.82, 2.24) is 4.90 Å². The molecule has 3 amide bonds. The molecule has 41 heavy (non-hydrogen) atoms. The van der Waals surface area contributed by atoms with Crippen LogP contribution in [0.5, 0.6) is 5.75 Å². The van der Waals surface area contributed by atoms with E-state index in [1.165, 1.54) is 9.80 Å². The first-order chi connectivity index (χ1) is 19.9. The molecule has 0 spiro atoms. The quantitative estimate of drug-likeness (QED) is 0.300. The molecule has 0 saturated heterocycles. The Morgan fingerprint density at radius 3 is 2.20 bits per heavy atom. The molecule has 8 heteroatoms. The van der Waals surface area contributed by atoms with Crippen molar-refractivity contribution in [2.24, 2.45) is 0 Å². The van der Waals surface area contributed by atoms with Gasteiger partial charge in [-0.1, -0.05) is 72.3 Å². The Morgan fingerprint density at radius 2 is 1.51 bits per heavy atom. The molecule has 5 rings (SSSR count). The van der Waals surface area contributed by atoms with Crippen molar-refractivity contribution in [3.05, 3.63) is 125 Å². The van der Waals surface area contributed by atoms with E-state index in [2.05, 4.69) is 5.32 Å². The zero-order chi connectivity index (χ0) is 28.9. The van der Waals surface area contributed by atoms with Gasteiger partial charge < -0.3 is 15.0 Å². The van der Waals surface area contributed by atoms with Gasteiger partial charge in [0.1, 0.15) is 18.3 Å². The number of aryl methyl sites for hydroxylation is 1. The summed E-state index contributed by atoms with van der Waals surface area (Å²) in [4.78, 5) is 56.2. The third-order valence-electron chi connectivity index (χ3n) is 7.00. The average Bonchev–Trinajstić information content (AvgIpc) is 3.23. The summed E-state index contributed by atoms with van der Waals surface area (Å²) in [6, 6.07) is 29.1. The number of anilines is 2. The molecule has 8 nitrogen and oxygen atoms in total.